The Labute approximate surface area is 182 Å². The van der Waals surface area contributed by atoms with Crippen LogP contribution in [0.5, 0.6) is 0 Å². The molecule has 31 heavy (non-hydrogen) atoms. The second kappa shape index (κ2) is 13.0. The number of sulfone groups is 1. The number of hydrogen-bond donors (Lipinski definition) is 1. The van der Waals surface area contributed by atoms with E-state index in [1.54, 1.807) is 38.1 Å². The summed E-state index contributed by atoms with van der Waals surface area (Å²) in [6, 6.07) is 9.10. The number of aldehydes is 2. The van der Waals surface area contributed by atoms with E-state index in [0.717, 1.165) is 11.8 Å². The molecule has 0 aliphatic carbocycles. The monoisotopic (exact) mass is 442 g/mol. The highest BCUT2D eigenvalue weighted by atomic mass is 32.2. The second-order valence-corrected chi connectivity index (χ2v) is 8.39. The Morgan fingerprint density at radius 3 is 2.35 bits per heavy atom. The van der Waals surface area contributed by atoms with Gasteiger partial charge in [-0.2, -0.15) is 0 Å². The molecule has 2 rings (SSSR count). The zero-order valence-electron chi connectivity index (χ0n) is 17.6. The summed E-state index contributed by atoms with van der Waals surface area (Å²) in [5.41, 5.74) is 1.59. The van der Waals surface area contributed by atoms with Gasteiger partial charge < -0.3 is 10.1 Å². The van der Waals surface area contributed by atoms with Crippen LogP contribution in [-0.2, 0) is 19.4 Å². The van der Waals surface area contributed by atoms with Gasteiger partial charge >= 0.3 is 0 Å². The van der Waals surface area contributed by atoms with Crippen LogP contribution in [0, 0.1) is 0 Å². The van der Waals surface area contributed by atoms with E-state index in [4.69, 9.17) is 0 Å². The SMILES string of the molecule is C=C(/C=C\C(/C=C/C)=NCC=O)C(=O)C1=C(C)NCCS1(=O)=O.O=Cc1ccccc1. The molecule has 0 unspecified atom stereocenters. The molecule has 1 aromatic carbocycles. The average molecular weight is 443 g/mol. The van der Waals surface area contributed by atoms with E-state index < -0.39 is 15.6 Å². The predicted molar refractivity (Wildman–Crippen MR) is 123 cm³/mol. The first-order valence-electron chi connectivity index (χ1n) is 9.47. The summed E-state index contributed by atoms with van der Waals surface area (Å²) in [4.78, 5) is 36.5. The summed E-state index contributed by atoms with van der Waals surface area (Å²) in [6.07, 6.45) is 7.81. The smallest absolute Gasteiger partial charge is 0.205 e. The molecule has 0 atom stereocenters. The fourth-order valence-corrected chi connectivity index (χ4v) is 4.04. The van der Waals surface area contributed by atoms with Crippen LogP contribution in [-0.4, -0.2) is 51.3 Å². The lowest BCUT2D eigenvalue weighted by Crippen LogP contribution is -2.34. The fourth-order valence-electron chi connectivity index (χ4n) is 2.51. The van der Waals surface area contributed by atoms with Crippen LogP contribution in [0.2, 0.25) is 0 Å². The van der Waals surface area contributed by atoms with Gasteiger partial charge in [-0.25, -0.2) is 8.42 Å². The number of nitrogens with zero attached hydrogens (tertiary/aromatic N) is 1. The molecule has 0 saturated carbocycles. The summed E-state index contributed by atoms with van der Waals surface area (Å²) in [5, 5.41) is 2.88. The van der Waals surface area contributed by atoms with Crippen LogP contribution in [0.25, 0.3) is 0 Å². The third-order valence-electron chi connectivity index (χ3n) is 3.99. The maximum absolute atomic E-state index is 12.4. The van der Waals surface area contributed by atoms with Gasteiger partial charge in [0.15, 0.2) is 9.84 Å². The highest BCUT2D eigenvalue weighted by Crippen LogP contribution is 2.20. The number of carbonyl (C=O) groups is 3. The molecular formula is C23H26N2O5S. The third kappa shape index (κ3) is 8.47. The highest BCUT2D eigenvalue weighted by Gasteiger charge is 2.31. The van der Waals surface area contributed by atoms with E-state index in [1.807, 2.05) is 18.2 Å². The Morgan fingerprint density at radius 2 is 1.84 bits per heavy atom. The Bertz CT molecular complexity index is 1030. The Balaban J connectivity index is 0.000000500. The highest BCUT2D eigenvalue weighted by molar-refractivity contribution is 7.96. The average Bonchev–Trinajstić information content (AvgIpc) is 2.75. The molecule has 0 amide bonds. The Morgan fingerprint density at radius 1 is 1.16 bits per heavy atom. The molecule has 7 nitrogen and oxygen atoms in total. The molecule has 1 aliphatic heterocycles. The van der Waals surface area contributed by atoms with Crippen molar-refractivity contribution in [3.05, 3.63) is 83.0 Å². The van der Waals surface area contributed by atoms with Crippen molar-refractivity contribution < 1.29 is 22.8 Å². The van der Waals surface area contributed by atoms with Crippen molar-refractivity contribution in [3.63, 3.8) is 0 Å². The van der Waals surface area contributed by atoms with Gasteiger partial charge in [-0.05, 0) is 32.1 Å². The number of nitrogens with one attached hydrogen (secondary N) is 1. The number of hydrogen-bond acceptors (Lipinski definition) is 7. The topological polar surface area (TPSA) is 110 Å². The first-order valence-corrected chi connectivity index (χ1v) is 11.1. The van der Waals surface area contributed by atoms with E-state index in [0.29, 0.717) is 17.7 Å². The Hall–Kier alpha value is -3.39. The number of Topliss-reactive ketones (excluding diaryl/α,β-unsaturated/α-hetero) is 1. The molecule has 8 heteroatoms. The molecule has 164 valence electrons. The van der Waals surface area contributed by atoms with Crippen LogP contribution in [0.1, 0.15) is 24.2 Å². The van der Waals surface area contributed by atoms with Gasteiger partial charge in [0.2, 0.25) is 5.78 Å². The minimum atomic E-state index is -3.60. The summed E-state index contributed by atoms with van der Waals surface area (Å²) >= 11 is 0. The van der Waals surface area contributed by atoms with Gasteiger partial charge in [0.05, 0.1) is 18.0 Å². The van der Waals surface area contributed by atoms with Crippen molar-refractivity contribution >= 4 is 33.9 Å². The van der Waals surface area contributed by atoms with Crippen LogP contribution < -0.4 is 5.32 Å². The maximum Gasteiger partial charge on any atom is 0.205 e. The molecular weight excluding hydrogens is 416 g/mol. The molecule has 0 fully saturated rings. The van der Waals surface area contributed by atoms with Crippen molar-refractivity contribution in [2.24, 2.45) is 4.99 Å². The summed E-state index contributed by atoms with van der Waals surface area (Å²) < 4.78 is 24.1. The largest absolute Gasteiger partial charge is 0.386 e. The molecule has 1 aliphatic rings. The zero-order valence-corrected chi connectivity index (χ0v) is 18.4. The zero-order chi connectivity index (χ0) is 23.3. The first kappa shape index (κ1) is 25.6. The molecule has 0 radical (unpaired) electrons. The van der Waals surface area contributed by atoms with E-state index in [-0.39, 0.29) is 29.3 Å². The van der Waals surface area contributed by atoms with Gasteiger partial charge in [0.25, 0.3) is 0 Å². The minimum absolute atomic E-state index is 0.00694. The van der Waals surface area contributed by atoms with Crippen LogP contribution in [0.4, 0.5) is 0 Å². The third-order valence-corrected chi connectivity index (χ3v) is 5.84. The van der Waals surface area contributed by atoms with Crippen molar-refractivity contribution in [2.45, 2.75) is 13.8 Å². The van der Waals surface area contributed by atoms with Crippen LogP contribution in [0.3, 0.4) is 0 Å². The predicted octanol–water partition coefficient (Wildman–Crippen LogP) is 2.63. The van der Waals surface area contributed by atoms with Gasteiger partial charge in [0, 0.05) is 23.4 Å². The number of benzene rings is 1. The normalized spacial score (nSPS) is 15.7. The van der Waals surface area contributed by atoms with Gasteiger partial charge in [0.1, 0.15) is 17.5 Å². The molecule has 1 aromatic rings. The second-order valence-electron chi connectivity index (χ2n) is 6.35. The van der Waals surface area contributed by atoms with Crippen molar-refractivity contribution in [1.29, 1.82) is 0 Å². The quantitative estimate of drug-likeness (QED) is 0.287. The van der Waals surface area contributed by atoms with E-state index in [2.05, 4.69) is 16.9 Å². The summed E-state index contributed by atoms with van der Waals surface area (Å²) in [7, 11) is -3.60. The van der Waals surface area contributed by atoms with Crippen molar-refractivity contribution in [2.75, 3.05) is 18.8 Å². The lowest BCUT2D eigenvalue weighted by atomic mass is 10.1. The van der Waals surface area contributed by atoms with E-state index >= 15 is 0 Å². The Kier molecular flexibility index (Phi) is 10.8. The number of rotatable bonds is 8. The summed E-state index contributed by atoms with van der Waals surface area (Å²) in [6.45, 7) is 7.27. The molecule has 0 saturated heterocycles. The number of aliphatic imine (C=N–C) groups is 1. The minimum Gasteiger partial charge on any atom is -0.386 e. The van der Waals surface area contributed by atoms with Gasteiger partial charge in [-0.1, -0.05) is 43.0 Å². The standard InChI is InChI=1S/C16H20N2O4S.C7H6O/c1-4-5-14(18-8-10-19)7-6-12(2)15(20)16-13(3)17-9-11-23(16,21)22;8-6-7-4-2-1-3-5-7/h4-7,10,17H,2,8-9,11H2,1,3H3;1-6H/b5-4+,7-6-,18-14?;. The lowest BCUT2D eigenvalue weighted by molar-refractivity contribution is -0.111. The van der Waals surface area contributed by atoms with Crippen molar-refractivity contribution in [1.82, 2.24) is 5.32 Å². The maximum atomic E-state index is 12.4. The number of allylic oxidation sites excluding steroid dienone is 7. The first-order chi connectivity index (χ1) is 14.8. The number of ketones is 1. The molecule has 1 N–H and O–H groups in total. The number of carbonyl (C=O) groups excluding carboxylic acids is 3. The van der Waals surface area contributed by atoms with E-state index in [9.17, 15) is 22.8 Å². The molecule has 0 bridgehead atoms. The van der Waals surface area contributed by atoms with Gasteiger partial charge in [-0.15, -0.1) is 0 Å². The van der Waals surface area contributed by atoms with Crippen molar-refractivity contribution in [3.8, 4) is 0 Å². The lowest BCUT2D eigenvalue weighted by Gasteiger charge is -2.19. The van der Waals surface area contributed by atoms with Crippen LogP contribution >= 0.6 is 0 Å². The molecule has 0 aromatic heterocycles. The summed E-state index contributed by atoms with van der Waals surface area (Å²) in [5.74, 6) is -0.756. The molecule has 1 heterocycles. The van der Waals surface area contributed by atoms with Crippen LogP contribution in [0.15, 0.2) is 82.4 Å². The molecule has 0 spiro atoms. The van der Waals surface area contributed by atoms with Gasteiger partial charge in [-0.3, -0.25) is 14.6 Å². The van der Waals surface area contributed by atoms with E-state index in [1.165, 1.54) is 12.2 Å². The fraction of sp³-hybridized carbons (Fsp3) is 0.217.